The number of morpholine rings is 1. The van der Waals surface area contributed by atoms with Gasteiger partial charge >= 0.3 is 0 Å². The molecule has 0 spiro atoms. The van der Waals surface area contributed by atoms with Crippen molar-refractivity contribution in [2.45, 2.75) is 18.9 Å². The zero-order valence-corrected chi connectivity index (χ0v) is 14.8. The van der Waals surface area contributed by atoms with Crippen molar-refractivity contribution in [2.75, 3.05) is 26.3 Å². The van der Waals surface area contributed by atoms with Gasteiger partial charge in [0.2, 0.25) is 5.91 Å². The number of nitrogens with zero attached hydrogens (tertiary/aromatic N) is 3. The first-order valence-corrected chi connectivity index (χ1v) is 8.81. The Hall–Kier alpha value is -2.87. The smallest absolute Gasteiger partial charge is 0.271 e. The Bertz CT molecular complexity index is 788. The van der Waals surface area contributed by atoms with Crippen molar-refractivity contribution in [3.63, 3.8) is 0 Å². The Morgan fingerprint density at radius 2 is 2.19 bits per heavy atom. The van der Waals surface area contributed by atoms with Gasteiger partial charge in [-0.05, 0) is 36.2 Å². The summed E-state index contributed by atoms with van der Waals surface area (Å²) in [7, 11) is 0. The predicted octanol–water partition coefficient (Wildman–Crippen LogP) is 1.21. The summed E-state index contributed by atoms with van der Waals surface area (Å²) in [5, 5.41) is 10.2. The van der Waals surface area contributed by atoms with Gasteiger partial charge in [0.15, 0.2) is 5.69 Å². The van der Waals surface area contributed by atoms with Gasteiger partial charge in [-0.3, -0.25) is 9.59 Å². The monoisotopic (exact) mass is 372 g/mol. The minimum atomic E-state index is -0.346. The molecule has 1 aromatic carbocycles. The molecule has 8 heteroatoms. The molecular weight excluding hydrogens is 351 g/mol. The first-order chi connectivity index (χ1) is 13.1. The highest BCUT2D eigenvalue weighted by molar-refractivity contribution is 5.92. The Morgan fingerprint density at radius 1 is 1.30 bits per heavy atom. The molecule has 1 N–H and O–H groups in total. The van der Waals surface area contributed by atoms with Crippen LogP contribution in [-0.4, -0.2) is 59.3 Å². The van der Waals surface area contributed by atoms with E-state index in [1.165, 1.54) is 18.3 Å². The largest absolute Gasteiger partial charge is 0.377 e. The first kappa shape index (κ1) is 18.9. The van der Waals surface area contributed by atoms with Crippen molar-refractivity contribution < 1.29 is 18.7 Å². The van der Waals surface area contributed by atoms with E-state index in [0.717, 1.165) is 5.56 Å². The third-order valence-corrected chi connectivity index (χ3v) is 4.37. The van der Waals surface area contributed by atoms with Gasteiger partial charge in [-0.25, -0.2) is 4.39 Å². The van der Waals surface area contributed by atoms with Crippen LogP contribution in [0.3, 0.4) is 0 Å². The van der Waals surface area contributed by atoms with E-state index in [-0.39, 0.29) is 42.3 Å². The van der Waals surface area contributed by atoms with E-state index in [2.05, 4.69) is 15.5 Å². The molecule has 0 radical (unpaired) electrons. The lowest BCUT2D eigenvalue weighted by Gasteiger charge is -2.35. The standard InChI is InChI=1S/C19H21FN4O3/c20-15-4-1-3-14(11-15)6-7-18(25)24-9-10-27-13-16(24)12-21-19(26)17-5-2-8-22-23-17/h1-5,8,11,16H,6-7,9-10,12-13H2,(H,21,26). The van der Waals surface area contributed by atoms with Gasteiger partial charge in [-0.1, -0.05) is 12.1 Å². The van der Waals surface area contributed by atoms with Gasteiger partial charge in [0, 0.05) is 25.7 Å². The van der Waals surface area contributed by atoms with Crippen LogP contribution < -0.4 is 5.32 Å². The van der Waals surface area contributed by atoms with Crippen molar-refractivity contribution in [1.29, 1.82) is 0 Å². The van der Waals surface area contributed by atoms with Gasteiger partial charge in [0.25, 0.3) is 5.91 Å². The number of halogens is 1. The second kappa shape index (κ2) is 9.18. The second-order valence-corrected chi connectivity index (χ2v) is 6.26. The zero-order chi connectivity index (χ0) is 19.1. The summed E-state index contributed by atoms with van der Waals surface area (Å²) < 4.78 is 18.7. The van der Waals surface area contributed by atoms with E-state index in [9.17, 15) is 14.0 Å². The lowest BCUT2D eigenvalue weighted by atomic mass is 10.1. The maximum atomic E-state index is 13.3. The molecule has 2 heterocycles. The van der Waals surface area contributed by atoms with Crippen LogP contribution in [0, 0.1) is 5.82 Å². The van der Waals surface area contributed by atoms with Crippen molar-refractivity contribution in [3.8, 4) is 0 Å². The summed E-state index contributed by atoms with van der Waals surface area (Å²) in [6.45, 7) is 1.54. The molecule has 7 nitrogen and oxygen atoms in total. The molecule has 1 aliphatic rings. The molecule has 0 aliphatic carbocycles. The number of hydrogen-bond acceptors (Lipinski definition) is 5. The maximum absolute atomic E-state index is 13.3. The molecule has 27 heavy (non-hydrogen) atoms. The normalized spacial score (nSPS) is 16.8. The minimum Gasteiger partial charge on any atom is -0.377 e. The van der Waals surface area contributed by atoms with Gasteiger partial charge in [-0.15, -0.1) is 5.10 Å². The van der Waals surface area contributed by atoms with Crippen molar-refractivity contribution >= 4 is 11.8 Å². The number of carbonyl (C=O) groups is 2. The van der Waals surface area contributed by atoms with Crippen LogP contribution in [-0.2, 0) is 16.0 Å². The predicted molar refractivity (Wildman–Crippen MR) is 95.4 cm³/mol. The Morgan fingerprint density at radius 3 is 2.96 bits per heavy atom. The highest BCUT2D eigenvalue weighted by atomic mass is 19.1. The molecule has 0 saturated carbocycles. The fraction of sp³-hybridized carbons (Fsp3) is 0.368. The van der Waals surface area contributed by atoms with Crippen LogP contribution in [0.15, 0.2) is 42.6 Å². The number of nitrogens with one attached hydrogen (secondary N) is 1. The Balaban J connectivity index is 1.54. The summed E-state index contributed by atoms with van der Waals surface area (Å²) in [6.07, 6.45) is 2.23. The summed E-state index contributed by atoms with van der Waals surface area (Å²) in [5.74, 6) is -0.696. The lowest BCUT2D eigenvalue weighted by Crippen LogP contribution is -2.53. The van der Waals surface area contributed by atoms with E-state index in [4.69, 9.17) is 4.74 Å². The van der Waals surface area contributed by atoms with Crippen LogP contribution in [0.25, 0.3) is 0 Å². The van der Waals surface area contributed by atoms with Gasteiger partial charge in [-0.2, -0.15) is 5.10 Å². The number of amides is 2. The third-order valence-electron chi connectivity index (χ3n) is 4.37. The van der Waals surface area contributed by atoms with E-state index >= 15 is 0 Å². The fourth-order valence-corrected chi connectivity index (χ4v) is 2.96. The highest BCUT2D eigenvalue weighted by Crippen LogP contribution is 2.12. The molecule has 0 bridgehead atoms. The Labute approximate surface area is 156 Å². The third kappa shape index (κ3) is 5.30. The van der Waals surface area contributed by atoms with Crippen molar-refractivity contribution in [1.82, 2.24) is 20.4 Å². The topological polar surface area (TPSA) is 84.4 Å². The summed E-state index contributed by atoms with van der Waals surface area (Å²) in [4.78, 5) is 26.5. The molecule has 142 valence electrons. The number of benzene rings is 1. The maximum Gasteiger partial charge on any atom is 0.271 e. The number of aryl methyl sites for hydroxylation is 1. The van der Waals surface area contributed by atoms with Crippen LogP contribution in [0.1, 0.15) is 22.5 Å². The van der Waals surface area contributed by atoms with E-state index in [0.29, 0.717) is 26.2 Å². The number of carbonyl (C=O) groups excluding carboxylic acids is 2. The molecule has 1 atom stereocenters. The second-order valence-electron chi connectivity index (χ2n) is 6.26. The number of ether oxygens (including phenoxy) is 1. The zero-order valence-electron chi connectivity index (χ0n) is 14.8. The van der Waals surface area contributed by atoms with Gasteiger partial charge in [0.1, 0.15) is 5.82 Å². The SMILES string of the molecule is O=C(NCC1COCCN1C(=O)CCc1cccc(F)c1)c1cccnn1. The molecule has 2 aromatic rings. The minimum absolute atomic E-state index is 0.0405. The van der Waals surface area contributed by atoms with E-state index < -0.39 is 0 Å². The van der Waals surface area contributed by atoms with E-state index in [1.807, 2.05) is 0 Å². The molecule has 2 amide bonds. The molecule has 1 unspecified atom stereocenters. The number of rotatable bonds is 6. The summed E-state index contributed by atoms with van der Waals surface area (Å²) >= 11 is 0. The van der Waals surface area contributed by atoms with Crippen LogP contribution in [0.4, 0.5) is 4.39 Å². The Kier molecular flexibility index (Phi) is 6.43. The number of hydrogen-bond donors (Lipinski definition) is 1. The van der Waals surface area contributed by atoms with Crippen LogP contribution in [0.5, 0.6) is 0 Å². The van der Waals surface area contributed by atoms with Crippen molar-refractivity contribution in [2.24, 2.45) is 0 Å². The van der Waals surface area contributed by atoms with Crippen molar-refractivity contribution in [3.05, 3.63) is 59.7 Å². The average Bonchev–Trinajstić information content (AvgIpc) is 2.71. The molecule has 1 aromatic heterocycles. The highest BCUT2D eigenvalue weighted by Gasteiger charge is 2.27. The lowest BCUT2D eigenvalue weighted by molar-refractivity contribution is -0.139. The summed E-state index contributed by atoms with van der Waals surface area (Å²) in [6, 6.07) is 9.20. The summed E-state index contributed by atoms with van der Waals surface area (Å²) in [5.41, 5.74) is 1.00. The average molecular weight is 372 g/mol. The number of aromatic nitrogens is 2. The van der Waals surface area contributed by atoms with Gasteiger partial charge < -0.3 is 15.0 Å². The van der Waals surface area contributed by atoms with E-state index in [1.54, 1.807) is 29.2 Å². The molecule has 1 saturated heterocycles. The van der Waals surface area contributed by atoms with Crippen LogP contribution in [0.2, 0.25) is 0 Å². The molecule has 1 aliphatic heterocycles. The van der Waals surface area contributed by atoms with Gasteiger partial charge in [0.05, 0.1) is 19.3 Å². The van der Waals surface area contributed by atoms with Crippen LogP contribution >= 0.6 is 0 Å². The molecular formula is C19H21FN4O3. The first-order valence-electron chi connectivity index (χ1n) is 8.81. The molecule has 3 rings (SSSR count). The quantitative estimate of drug-likeness (QED) is 0.824. The fourth-order valence-electron chi connectivity index (χ4n) is 2.96. The molecule has 1 fully saturated rings.